The SMILES string of the molecule is COCC(CO)NC(=O)Nc1ccc([N+](=O)[O-])cc1. The Bertz CT molecular complexity index is 434. The van der Waals surface area contributed by atoms with E-state index in [-0.39, 0.29) is 18.9 Å². The summed E-state index contributed by atoms with van der Waals surface area (Å²) in [5.74, 6) is 0. The van der Waals surface area contributed by atoms with Crippen LogP contribution in [0.25, 0.3) is 0 Å². The number of ether oxygens (including phenoxy) is 1. The van der Waals surface area contributed by atoms with Crippen LogP contribution in [0.1, 0.15) is 0 Å². The van der Waals surface area contributed by atoms with E-state index in [1.165, 1.54) is 31.4 Å². The molecule has 0 aliphatic heterocycles. The van der Waals surface area contributed by atoms with Crippen molar-refractivity contribution in [2.75, 3.05) is 25.6 Å². The second kappa shape index (κ2) is 7.29. The van der Waals surface area contributed by atoms with Crippen molar-refractivity contribution in [1.29, 1.82) is 0 Å². The maximum Gasteiger partial charge on any atom is 0.319 e. The predicted molar refractivity (Wildman–Crippen MR) is 68.0 cm³/mol. The van der Waals surface area contributed by atoms with Gasteiger partial charge in [0.05, 0.1) is 24.2 Å². The summed E-state index contributed by atoms with van der Waals surface area (Å²) in [5.41, 5.74) is 0.357. The number of carbonyl (C=O) groups excluding carboxylic acids is 1. The molecule has 0 aliphatic carbocycles. The molecule has 1 unspecified atom stereocenters. The summed E-state index contributed by atoms with van der Waals surface area (Å²) in [6, 6.07) is 4.38. The molecule has 8 nitrogen and oxygen atoms in total. The molecule has 0 saturated heterocycles. The minimum Gasteiger partial charge on any atom is -0.394 e. The molecule has 0 saturated carbocycles. The number of hydrogen-bond acceptors (Lipinski definition) is 5. The first-order chi connectivity index (χ1) is 9.06. The van der Waals surface area contributed by atoms with E-state index in [0.29, 0.717) is 5.69 Å². The zero-order chi connectivity index (χ0) is 14.3. The first-order valence-corrected chi connectivity index (χ1v) is 5.48. The van der Waals surface area contributed by atoms with E-state index in [0.717, 1.165) is 0 Å². The van der Waals surface area contributed by atoms with Gasteiger partial charge in [0.15, 0.2) is 0 Å². The van der Waals surface area contributed by atoms with Gasteiger partial charge in [-0.1, -0.05) is 0 Å². The van der Waals surface area contributed by atoms with Gasteiger partial charge in [0.1, 0.15) is 0 Å². The Morgan fingerprint density at radius 1 is 1.47 bits per heavy atom. The minimum atomic E-state index is -0.524. The maximum absolute atomic E-state index is 11.6. The van der Waals surface area contributed by atoms with Gasteiger partial charge in [-0.15, -0.1) is 0 Å². The number of methoxy groups -OCH3 is 1. The van der Waals surface area contributed by atoms with Crippen LogP contribution in [-0.4, -0.2) is 42.4 Å². The van der Waals surface area contributed by atoms with Crippen LogP contribution in [0, 0.1) is 10.1 Å². The summed E-state index contributed by atoms with van der Waals surface area (Å²) in [6.07, 6.45) is 0. The number of aliphatic hydroxyl groups is 1. The summed E-state index contributed by atoms with van der Waals surface area (Å²) in [6.45, 7) is -0.0638. The van der Waals surface area contributed by atoms with Crippen molar-refractivity contribution in [3.05, 3.63) is 34.4 Å². The van der Waals surface area contributed by atoms with E-state index in [1.54, 1.807) is 0 Å². The average molecular weight is 269 g/mol. The van der Waals surface area contributed by atoms with Gasteiger partial charge in [0, 0.05) is 24.9 Å². The maximum atomic E-state index is 11.6. The molecule has 1 aromatic rings. The van der Waals surface area contributed by atoms with E-state index in [2.05, 4.69) is 10.6 Å². The molecule has 8 heteroatoms. The standard InChI is InChI=1S/C11H15N3O5/c1-19-7-9(6-15)13-11(16)12-8-2-4-10(5-3-8)14(17)18/h2-5,9,15H,6-7H2,1H3,(H2,12,13,16). The Kier molecular flexibility index (Phi) is 5.71. The van der Waals surface area contributed by atoms with Crippen molar-refractivity contribution in [2.24, 2.45) is 0 Å². The molecular weight excluding hydrogens is 254 g/mol. The molecule has 1 rings (SSSR count). The van der Waals surface area contributed by atoms with Gasteiger partial charge in [0.2, 0.25) is 0 Å². The van der Waals surface area contributed by atoms with E-state index >= 15 is 0 Å². The molecule has 19 heavy (non-hydrogen) atoms. The molecule has 3 N–H and O–H groups in total. The fourth-order valence-corrected chi connectivity index (χ4v) is 1.36. The summed E-state index contributed by atoms with van der Waals surface area (Å²) < 4.78 is 4.81. The number of anilines is 1. The Balaban J connectivity index is 2.54. The second-order valence-corrected chi connectivity index (χ2v) is 3.74. The zero-order valence-corrected chi connectivity index (χ0v) is 10.3. The van der Waals surface area contributed by atoms with Crippen LogP contribution in [0.15, 0.2) is 24.3 Å². The average Bonchev–Trinajstić information content (AvgIpc) is 2.38. The topological polar surface area (TPSA) is 114 Å². The number of nitro benzene ring substituents is 1. The second-order valence-electron chi connectivity index (χ2n) is 3.74. The minimum absolute atomic E-state index is 0.0569. The van der Waals surface area contributed by atoms with E-state index in [1.807, 2.05) is 0 Å². The lowest BCUT2D eigenvalue weighted by Gasteiger charge is -2.15. The molecule has 0 bridgehead atoms. The van der Waals surface area contributed by atoms with Crippen molar-refractivity contribution in [1.82, 2.24) is 5.32 Å². The molecule has 2 amide bonds. The number of nitro groups is 1. The first-order valence-electron chi connectivity index (χ1n) is 5.48. The normalized spacial score (nSPS) is 11.7. The Labute approximate surface area is 109 Å². The van der Waals surface area contributed by atoms with Crippen LogP contribution in [-0.2, 0) is 4.74 Å². The number of carbonyl (C=O) groups is 1. The molecule has 104 valence electrons. The highest BCUT2D eigenvalue weighted by Crippen LogP contribution is 2.15. The summed E-state index contributed by atoms with van der Waals surface area (Å²) in [4.78, 5) is 21.5. The van der Waals surface area contributed by atoms with Gasteiger partial charge in [-0.05, 0) is 12.1 Å². The number of non-ortho nitro benzene ring substituents is 1. The third-order valence-corrected chi connectivity index (χ3v) is 2.26. The lowest BCUT2D eigenvalue weighted by molar-refractivity contribution is -0.384. The van der Waals surface area contributed by atoms with Crippen LogP contribution < -0.4 is 10.6 Å². The van der Waals surface area contributed by atoms with Crippen LogP contribution in [0.4, 0.5) is 16.2 Å². The van der Waals surface area contributed by atoms with Gasteiger partial charge in [-0.2, -0.15) is 0 Å². The van der Waals surface area contributed by atoms with Crippen molar-refractivity contribution in [3.63, 3.8) is 0 Å². The number of nitrogens with zero attached hydrogens (tertiary/aromatic N) is 1. The third kappa shape index (κ3) is 4.90. The lowest BCUT2D eigenvalue weighted by Crippen LogP contribution is -2.42. The molecule has 0 fully saturated rings. The predicted octanol–water partition coefficient (Wildman–Crippen LogP) is 0.724. The van der Waals surface area contributed by atoms with Gasteiger partial charge in [-0.25, -0.2) is 4.79 Å². The molecule has 1 atom stereocenters. The molecule has 0 aliphatic rings. The summed E-state index contributed by atoms with van der Waals surface area (Å²) >= 11 is 0. The molecule has 0 spiro atoms. The number of urea groups is 1. The quantitative estimate of drug-likeness (QED) is 0.520. The fourth-order valence-electron chi connectivity index (χ4n) is 1.36. The molecule has 1 aromatic carbocycles. The van der Waals surface area contributed by atoms with Gasteiger partial charge < -0.3 is 20.5 Å². The smallest absolute Gasteiger partial charge is 0.319 e. The van der Waals surface area contributed by atoms with E-state index in [4.69, 9.17) is 9.84 Å². The van der Waals surface area contributed by atoms with Gasteiger partial charge in [0.25, 0.3) is 5.69 Å². The number of benzene rings is 1. The first kappa shape index (κ1) is 14.9. The summed E-state index contributed by atoms with van der Waals surface area (Å²) in [5, 5.41) is 24.4. The number of rotatable bonds is 6. The molecule has 0 aromatic heterocycles. The van der Waals surface area contributed by atoms with Crippen LogP contribution in [0.5, 0.6) is 0 Å². The highest BCUT2D eigenvalue weighted by molar-refractivity contribution is 5.89. The molecule has 0 radical (unpaired) electrons. The van der Waals surface area contributed by atoms with E-state index < -0.39 is 17.0 Å². The summed E-state index contributed by atoms with van der Waals surface area (Å²) in [7, 11) is 1.46. The number of nitrogens with one attached hydrogen (secondary N) is 2. The highest BCUT2D eigenvalue weighted by Gasteiger charge is 2.11. The molecule has 0 heterocycles. The fraction of sp³-hybridized carbons (Fsp3) is 0.364. The van der Waals surface area contributed by atoms with Gasteiger partial charge >= 0.3 is 6.03 Å². The number of aliphatic hydroxyl groups excluding tert-OH is 1. The third-order valence-electron chi connectivity index (χ3n) is 2.26. The van der Waals surface area contributed by atoms with Crippen LogP contribution in [0.2, 0.25) is 0 Å². The highest BCUT2D eigenvalue weighted by atomic mass is 16.6. The van der Waals surface area contributed by atoms with Crippen molar-refractivity contribution < 1.29 is 19.6 Å². The Morgan fingerprint density at radius 2 is 2.11 bits per heavy atom. The Hall–Kier alpha value is -2.19. The number of hydrogen-bond donors (Lipinski definition) is 3. The van der Waals surface area contributed by atoms with E-state index in [9.17, 15) is 14.9 Å². The largest absolute Gasteiger partial charge is 0.394 e. The van der Waals surface area contributed by atoms with Crippen molar-refractivity contribution in [3.8, 4) is 0 Å². The van der Waals surface area contributed by atoms with Crippen LogP contribution in [0.3, 0.4) is 0 Å². The van der Waals surface area contributed by atoms with Gasteiger partial charge in [-0.3, -0.25) is 10.1 Å². The monoisotopic (exact) mass is 269 g/mol. The van der Waals surface area contributed by atoms with Crippen molar-refractivity contribution in [2.45, 2.75) is 6.04 Å². The van der Waals surface area contributed by atoms with Crippen molar-refractivity contribution >= 4 is 17.4 Å². The lowest BCUT2D eigenvalue weighted by atomic mass is 10.3. The van der Waals surface area contributed by atoms with Crippen LogP contribution >= 0.6 is 0 Å². The number of amides is 2. The molecular formula is C11H15N3O5. The Morgan fingerprint density at radius 3 is 2.58 bits per heavy atom. The zero-order valence-electron chi connectivity index (χ0n) is 10.3.